The molecule has 3 heterocycles. The van der Waals surface area contributed by atoms with Gasteiger partial charge in [-0.25, -0.2) is 4.39 Å². The zero-order chi connectivity index (χ0) is 21.3. The molecule has 0 aliphatic carbocycles. The van der Waals surface area contributed by atoms with Gasteiger partial charge in [-0.2, -0.15) is 5.10 Å². The number of benzene rings is 1. The molecule has 0 radical (unpaired) electrons. The van der Waals surface area contributed by atoms with Gasteiger partial charge in [0.15, 0.2) is 5.69 Å². The number of hydrogen-bond donors (Lipinski definition) is 1. The lowest BCUT2D eigenvalue weighted by molar-refractivity contribution is 0.0668. The Hall–Kier alpha value is -2.41. The Morgan fingerprint density at radius 1 is 1.30 bits per heavy atom. The van der Waals surface area contributed by atoms with Crippen LogP contribution in [-0.4, -0.2) is 59.2 Å². The largest absolute Gasteiger partial charge is 0.497 e. The van der Waals surface area contributed by atoms with Crippen molar-refractivity contribution in [2.45, 2.75) is 46.1 Å². The number of aromatic nitrogens is 2. The number of amides is 1. The summed E-state index contributed by atoms with van der Waals surface area (Å²) in [5.74, 6) is 0.507. The van der Waals surface area contributed by atoms with E-state index in [2.05, 4.69) is 22.0 Å². The molecule has 6 nitrogen and oxygen atoms in total. The van der Waals surface area contributed by atoms with Gasteiger partial charge in [0, 0.05) is 48.4 Å². The highest BCUT2D eigenvalue weighted by Crippen LogP contribution is 2.40. The van der Waals surface area contributed by atoms with E-state index in [4.69, 9.17) is 4.74 Å². The van der Waals surface area contributed by atoms with Gasteiger partial charge >= 0.3 is 0 Å². The summed E-state index contributed by atoms with van der Waals surface area (Å²) < 4.78 is 19.6. The van der Waals surface area contributed by atoms with Crippen LogP contribution in [0.3, 0.4) is 0 Å². The van der Waals surface area contributed by atoms with Crippen LogP contribution in [0.15, 0.2) is 18.2 Å². The number of likely N-dealkylation sites (tertiary alicyclic amines) is 2. The fourth-order valence-electron chi connectivity index (χ4n) is 5.06. The molecule has 2 aliphatic rings. The van der Waals surface area contributed by atoms with Crippen molar-refractivity contribution in [1.82, 2.24) is 20.0 Å². The number of halogens is 1. The minimum Gasteiger partial charge on any atom is -0.497 e. The van der Waals surface area contributed by atoms with Gasteiger partial charge in [-0.15, -0.1) is 0 Å². The third-order valence-electron chi connectivity index (χ3n) is 6.78. The summed E-state index contributed by atoms with van der Waals surface area (Å²) in [6, 6.07) is 4.91. The number of piperidine rings is 1. The Labute approximate surface area is 177 Å². The fourth-order valence-corrected chi connectivity index (χ4v) is 5.06. The average Bonchev–Trinajstić information content (AvgIpc) is 3.32. The maximum absolute atomic E-state index is 14.3. The number of nitrogens with zero attached hydrogens (tertiary/aromatic N) is 3. The summed E-state index contributed by atoms with van der Waals surface area (Å²) in [4.78, 5) is 17.4. The summed E-state index contributed by atoms with van der Waals surface area (Å²) in [5, 5.41) is 7.28. The summed E-state index contributed by atoms with van der Waals surface area (Å²) in [6.45, 7) is 7.92. The third-order valence-corrected chi connectivity index (χ3v) is 6.78. The van der Waals surface area contributed by atoms with E-state index < -0.39 is 0 Å². The number of nitrogens with one attached hydrogen (secondary N) is 1. The van der Waals surface area contributed by atoms with Crippen molar-refractivity contribution < 1.29 is 13.9 Å². The van der Waals surface area contributed by atoms with Crippen molar-refractivity contribution in [1.29, 1.82) is 0 Å². The van der Waals surface area contributed by atoms with E-state index in [1.54, 1.807) is 19.2 Å². The minimum absolute atomic E-state index is 0.0243. The zero-order valence-corrected chi connectivity index (χ0v) is 18.1. The van der Waals surface area contributed by atoms with Gasteiger partial charge in [0.2, 0.25) is 0 Å². The van der Waals surface area contributed by atoms with Gasteiger partial charge in [0.05, 0.1) is 7.11 Å². The van der Waals surface area contributed by atoms with Gasteiger partial charge < -0.3 is 9.64 Å². The molecule has 2 saturated heterocycles. The summed E-state index contributed by atoms with van der Waals surface area (Å²) >= 11 is 0. The number of hydrogen-bond acceptors (Lipinski definition) is 4. The van der Waals surface area contributed by atoms with Crippen LogP contribution in [0.25, 0.3) is 0 Å². The molecule has 1 N–H and O–H groups in total. The van der Waals surface area contributed by atoms with E-state index in [9.17, 15) is 9.18 Å². The second kappa shape index (κ2) is 8.38. The molecule has 2 aliphatic heterocycles. The van der Waals surface area contributed by atoms with Crippen molar-refractivity contribution in [2.75, 3.05) is 33.3 Å². The molecule has 7 heteroatoms. The first kappa shape index (κ1) is 20.8. The third kappa shape index (κ3) is 3.95. The number of aryl methyl sites for hydroxylation is 1. The molecule has 2 aromatic rings. The number of ether oxygens (including phenoxy) is 1. The Morgan fingerprint density at radius 3 is 2.87 bits per heavy atom. The highest BCUT2D eigenvalue weighted by Gasteiger charge is 2.43. The number of rotatable bonds is 5. The van der Waals surface area contributed by atoms with Crippen LogP contribution >= 0.6 is 0 Å². The lowest BCUT2D eigenvalue weighted by Gasteiger charge is -2.40. The topological polar surface area (TPSA) is 61.5 Å². The smallest absolute Gasteiger partial charge is 0.274 e. The molecule has 1 aromatic heterocycles. The highest BCUT2D eigenvalue weighted by molar-refractivity contribution is 5.94. The predicted molar refractivity (Wildman–Crippen MR) is 113 cm³/mol. The summed E-state index contributed by atoms with van der Waals surface area (Å²) in [5.41, 5.74) is 3.28. The summed E-state index contributed by atoms with van der Waals surface area (Å²) in [7, 11) is 1.60. The Bertz CT molecular complexity index is 928. The second-order valence-corrected chi connectivity index (χ2v) is 8.78. The minimum atomic E-state index is -0.195. The van der Waals surface area contributed by atoms with E-state index in [-0.39, 0.29) is 17.1 Å². The second-order valence-electron chi connectivity index (χ2n) is 8.78. The van der Waals surface area contributed by atoms with Gasteiger partial charge in [0.25, 0.3) is 5.91 Å². The number of carbonyl (C=O) groups excluding carboxylic acids is 1. The van der Waals surface area contributed by atoms with Crippen LogP contribution in [0.1, 0.15) is 53.5 Å². The maximum Gasteiger partial charge on any atom is 0.274 e. The Morgan fingerprint density at radius 2 is 2.13 bits per heavy atom. The van der Waals surface area contributed by atoms with Crippen LogP contribution in [-0.2, 0) is 13.0 Å². The van der Waals surface area contributed by atoms with Crippen LogP contribution in [0, 0.1) is 18.2 Å². The molecule has 1 amide bonds. The van der Waals surface area contributed by atoms with E-state index in [1.165, 1.54) is 6.07 Å². The first-order valence-electron chi connectivity index (χ1n) is 10.8. The van der Waals surface area contributed by atoms with Crippen LogP contribution in [0.5, 0.6) is 5.75 Å². The molecule has 1 atom stereocenters. The van der Waals surface area contributed by atoms with Gasteiger partial charge in [-0.1, -0.05) is 6.92 Å². The molecule has 162 valence electrons. The molecule has 0 bridgehead atoms. The molecule has 4 rings (SSSR count). The van der Waals surface area contributed by atoms with Crippen molar-refractivity contribution in [3.05, 3.63) is 46.5 Å². The SMILES string of the molecule is CCc1[nH]nc(C(=O)N2CC[C@@]3(CCCN(Cc4cc(OC)ccc4F)C3)C2)c1C. The first-order chi connectivity index (χ1) is 14.4. The predicted octanol–water partition coefficient (Wildman–Crippen LogP) is 3.56. The number of methoxy groups -OCH3 is 1. The quantitative estimate of drug-likeness (QED) is 0.813. The van der Waals surface area contributed by atoms with Gasteiger partial charge in [-0.05, 0) is 57.4 Å². The molecule has 2 fully saturated rings. The Kier molecular flexibility index (Phi) is 5.82. The molecule has 30 heavy (non-hydrogen) atoms. The molecule has 0 saturated carbocycles. The van der Waals surface area contributed by atoms with Crippen molar-refractivity contribution in [2.24, 2.45) is 5.41 Å². The number of H-pyrrole nitrogens is 1. The van der Waals surface area contributed by atoms with Gasteiger partial charge in [-0.3, -0.25) is 14.8 Å². The van der Waals surface area contributed by atoms with Crippen molar-refractivity contribution in [3.8, 4) is 5.75 Å². The molecular formula is C23H31FN4O2. The normalized spacial score (nSPS) is 22.1. The molecule has 0 unspecified atom stereocenters. The van der Waals surface area contributed by atoms with E-state index in [0.29, 0.717) is 23.6 Å². The van der Waals surface area contributed by atoms with E-state index >= 15 is 0 Å². The monoisotopic (exact) mass is 414 g/mol. The molecule has 1 aromatic carbocycles. The highest BCUT2D eigenvalue weighted by atomic mass is 19.1. The van der Waals surface area contributed by atoms with Crippen LogP contribution in [0.4, 0.5) is 4.39 Å². The number of carbonyl (C=O) groups is 1. The first-order valence-corrected chi connectivity index (χ1v) is 10.8. The molecular weight excluding hydrogens is 383 g/mol. The van der Waals surface area contributed by atoms with Gasteiger partial charge in [0.1, 0.15) is 11.6 Å². The van der Waals surface area contributed by atoms with Crippen molar-refractivity contribution >= 4 is 5.91 Å². The standard InChI is InChI=1S/C23H31FN4O2/c1-4-20-16(2)21(26-25-20)22(29)28-11-9-23(15-28)8-5-10-27(14-23)13-17-12-18(30-3)6-7-19(17)24/h6-7,12H,4-5,8-11,13-15H2,1-3H3,(H,25,26)/t23-/m1/s1. The van der Waals surface area contributed by atoms with E-state index in [1.807, 2.05) is 11.8 Å². The lowest BCUT2D eigenvalue weighted by Crippen LogP contribution is -2.45. The maximum atomic E-state index is 14.3. The van der Waals surface area contributed by atoms with Crippen LogP contribution < -0.4 is 4.74 Å². The summed E-state index contributed by atoms with van der Waals surface area (Å²) in [6.07, 6.45) is 3.99. The number of aromatic amines is 1. The zero-order valence-electron chi connectivity index (χ0n) is 18.1. The van der Waals surface area contributed by atoms with Crippen molar-refractivity contribution in [3.63, 3.8) is 0 Å². The fraction of sp³-hybridized carbons (Fsp3) is 0.565. The molecule has 1 spiro atoms. The Balaban J connectivity index is 1.44. The van der Waals surface area contributed by atoms with E-state index in [0.717, 1.165) is 63.1 Å². The lowest BCUT2D eigenvalue weighted by atomic mass is 9.79. The average molecular weight is 415 g/mol. The van der Waals surface area contributed by atoms with Crippen LogP contribution in [0.2, 0.25) is 0 Å².